The van der Waals surface area contributed by atoms with Crippen molar-refractivity contribution in [1.29, 1.82) is 0 Å². The topological polar surface area (TPSA) is 33.1 Å². The average molecular weight is 323 g/mol. The minimum Gasteiger partial charge on any atom is -0.380 e. The summed E-state index contributed by atoms with van der Waals surface area (Å²) in [7, 11) is 0. The van der Waals surface area contributed by atoms with Gasteiger partial charge >= 0.3 is 0 Å². The molecule has 120 valence electrons. The molecule has 2 aromatic carbocycles. The Morgan fingerprint density at radius 2 is 1.92 bits per heavy atom. The summed E-state index contributed by atoms with van der Waals surface area (Å²) in [6.07, 6.45) is 5.43. The summed E-state index contributed by atoms with van der Waals surface area (Å²) < 4.78 is 28.6. The molecule has 0 saturated heterocycles. The van der Waals surface area contributed by atoms with Gasteiger partial charge in [0.2, 0.25) is 0 Å². The number of aryl methyl sites for hydroxylation is 1. The van der Waals surface area contributed by atoms with Crippen molar-refractivity contribution in [2.24, 2.45) is 0 Å². The molecule has 0 spiro atoms. The molecule has 3 rings (SSSR count). The van der Waals surface area contributed by atoms with Crippen LogP contribution in [-0.4, -0.2) is 16.2 Å². The first-order chi connectivity index (χ1) is 11.5. The molecule has 1 N–H and O–H groups in total. The zero-order valence-electron chi connectivity index (χ0n) is 13.1. The van der Waals surface area contributed by atoms with E-state index in [4.69, 9.17) is 6.42 Å². The second kappa shape index (κ2) is 6.38. The van der Waals surface area contributed by atoms with Gasteiger partial charge in [0.25, 0.3) is 0 Å². The summed E-state index contributed by atoms with van der Waals surface area (Å²) in [5, 5.41) is 11.3. The van der Waals surface area contributed by atoms with Crippen molar-refractivity contribution in [3.05, 3.63) is 65.4 Å². The van der Waals surface area contributed by atoms with Crippen molar-refractivity contribution in [2.45, 2.75) is 19.4 Å². The van der Waals surface area contributed by atoms with Crippen molar-refractivity contribution >= 4 is 10.8 Å². The molecule has 4 heteroatoms. The monoisotopic (exact) mass is 323 g/mol. The van der Waals surface area contributed by atoms with Gasteiger partial charge in [-0.2, -0.15) is 0 Å². The van der Waals surface area contributed by atoms with Gasteiger partial charge in [-0.3, -0.25) is 4.98 Å². The first-order valence-corrected chi connectivity index (χ1v) is 7.47. The highest BCUT2D eigenvalue weighted by Crippen LogP contribution is 2.28. The standard InChI is InChI=1S/C20H15F2NO/c1-3-16(24)9-14-6-7-17(20(22)19(14)21)18-10-13-5-4-12(2)8-15(13)11-23-18/h1,4-8,10-11,16,24H,9H2,2H3. The zero-order valence-corrected chi connectivity index (χ0v) is 13.1. The maximum Gasteiger partial charge on any atom is 0.168 e. The molecule has 3 aromatic rings. The maximum absolute atomic E-state index is 14.4. The smallest absolute Gasteiger partial charge is 0.168 e. The maximum atomic E-state index is 14.4. The molecule has 2 nitrogen and oxygen atoms in total. The number of aliphatic hydroxyl groups is 1. The number of nitrogens with zero attached hydrogens (tertiary/aromatic N) is 1. The first-order valence-electron chi connectivity index (χ1n) is 7.47. The molecular weight excluding hydrogens is 308 g/mol. The molecule has 0 aliphatic heterocycles. The number of hydrogen-bond donors (Lipinski definition) is 1. The number of benzene rings is 2. The quantitative estimate of drug-likeness (QED) is 0.738. The second-order valence-corrected chi connectivity index (χ2v) is 5.71. The summed E-state index contributed by atoms with van der Waals surface area (Å²) in [5.74, 6) is 0.0882. The van der Waals surface area contributed by atoms with E-state index in [1.165, 1.54) is 12.1 Å². The van der Waals surface area contributed by atoms with E-state index in [0.29, 0.717) is 5.69 Å². The van der Waals surface area contributed by atoms with Gasteiger partial charge in [0.05, 0.1) is 5.69 Å². The number of fused-ring (bicyclic) bond motifs is 1. The normalized spacial score (nSPS) is 12.1. The number of aliphatic hydroxyl groups excluding tert-OH is 1. The number of aromatic nitrogens is 1. The molecule has 1 unspecified atom stereocenters. The molecule has 24 heavy (non-hydrogen) atoms. The number of halogens is 2. The fourth-order valence-electron chi connectivity index (χ4n) is 2.62. The lowest BCUT2D eigenvalue weighted by Crippen LogP contribution is -2.09. The minimum atomic E-state index is -1.15. The van der Waals surface area contributed by atoms with Crippen molar-refractivity contribution in [3.63, 3.8) is 0 Å². The van der Waals surface area contributed by atoms with Crippen molar-refractivity contribution in [2.75, 3.05) is 0 Å². The predicted molar refractivity (Wildman–Crippen MR) is 90.4 cm³/mol. The van der Waals surface area contributed by atoms with Crippen LogP contribution in [0.4, 0.5) is 8.78 Å². The predicted octanol–water partition coefficient (Wildman–Crippen LogP) is 4.03. The molecule has 0 fully saturated rings. The van der Waals surface area contributed by atoms with Crippen LogP contribution in [0, 0.1) is 30.9 Å². The molecule has 0 aliphatic rings. The van der Waals surface area contributed by atoms with Gasteiger partial charge in [-0.25, -0.2) is 8.78 Å². The van der Waals surface area contributed by atoms with E-state index in [1.807, 2.05) is 25.1 Å². The second-order valence-electron chi connectivity index (χ2n) is 5.71. The number of hydrogen-bond acceptors (Lipinski definition) is 2. The first kappa shape index (κ1) is 16.1. The number of terminal acetylenes is 1. The van der Waals surface area contributed by atoms with E-state index in [-0.39, 0.29) is 17.5 Å². The fourth-order valence-corrected chi connectivity index (χ4v) is 2.62. The molecule has 1 aromatic heterocycles. The van der Waals surface area contributed by atoms with Crippen LogP contribution in [0.15, 0.2) is 42.6 Å². The number of rotatable bonds is 3. The van der Waals surface area contributed by atoms with Gasteiger partial charge in [0.1, 0.15) is 6.10 Å². The molecular formula is C20H15F2NO. The van der Waals surface area contributed by atoms with Crippen LogP contribution < -0.4 is 0 Å². The Kier molecular flexibility index (Phi) is 4.28. The summed E-state index contributed by atoms with van der Waals surface area (Å²) in [6, 6.07) is 10.5. The third-order valence-corrected chi connectivity index (χ3v) is 3.92. The van der Waals surface area contributed by atoms with Crippen LogP contribution in [-0.2, 0) is 6.42 Å². The third kappa shape index (κ3) is 2.99. The number of pyridine rings is 1. The molecule has 0 amide bonds. The van der Waals surface area contributed by atoms with E-state index < -0.39 is 17.7 Å². The van der Waals surface area contributed by atoms with Gasteiger partial charge in [-0.05, 0) is 36.1 Å². The van der Waals surface area contributed by atoms with Crippen LogP contribution in [0.25, 0.3) is 22.0 Å². The summed E-state index contributed by atoms with van der Waals surface area (Å²) >= 11 is 0. The van der Waals surface area contributed by atoms with Gasteiger partial charge in [-0.15, -0.1) is 6.42 Å². The van der Waals surface area contributed by atoms with E-state index in [1.54, 1.807) is 12.3 Å². The minimum absolute atomic E-state index is 0.0399. The Balaban J connectivity index is 2.05. The Labute approximate surface area is 138 Å². The highest BCUT2D eigenvalue weighted by Gasteiger charge is 2.17. The van der Waals surface area contributed by atoms with Crippen LogP contribution in [0.1, 0.15) is 11.1 Å². The van der Waals surface area contributed by atoms with E-state index >= 15 is 0 Å². The molecule has 1 atom stereocenters. The summed E-state index contributed by atoms with van der Waals surface area (Å²) in [6.45, 7) is 1.98. The Hall–Kier alpha value is -2.77. The third-order valence-electron chi connectivity index (χ3n) is 3.92. The largest absolute Gasteiger partial charge is 0.380 e. The SMILES string of the molecule is C#CC(O)Cc1ccc(-c2cc3ccc(C)cc3cn2)c(F)c1F. The highest BCUT2D eigenvalue weighted by molar-refractivity contribution is 5.85. The molecule has 0 radical (unpaired) electrons. The van der Waals surface area contributed by atoms with Crippen LogP contribution in [0.5, 0.6) is 0 Å². The Morgan fingerprint density at radius 3 is 2.67 bits per heavy atom. The van der Waals surface area contributed by atoms with Crippen molar-refractivity contribution in [3.8, 4) is 23.6 Å². The molecule has 0 saturated carbocycles. The zero-order chi connectivity index (χ0) is 17.3. The molecule has 0 bridgehead atoms. The van der Waals surface area contributed by atoms with E-state index in [0.717, 1.165) is 16.3 Å². The van der Waals surface area contributed by atoms with Crippen LogP contribution in [0.3, 0.4) is 0 Å². The van der Waals surface area contributed by atoms with E-state index in [2.05, 4.69) is 10.9 Å². The summed E-state index contributed by atoms with van der Waals surface area (Å²) in [4.78, 5) is 4.24. The molecule has 0 aliphatic carbocycles. The average Bonchev–Trinajstić information content (AvgIpc) is 2.58. The summed E-state index contributed by atoms with van der Waals surface area (Å²) in [5.41, 5.74) is 1.57. The van der Waals surface area contributed by atoms with E-state index in [9.17, 15) is 13.9 Å². The van der Waals surface area contributed by atoms with Gasteiger partial charge in [0.15, 0.2) is 11.6 Å². The lowest BCUT2D eigenvalue weighted by Gasteiger charge is -2.10. The Morgan fingerprint density at radius 1 is 1.12 bits per heavy atom. The lowest BCUT2D eigenvalue weighted by molar-refractivity contribution is 0.231. The van der Waals surface area contributed by atoms with Crippen LogP contribution in [0.2, 0.25) is 0 Å². The van der Waals surface area contributed by atoms with Crippen LogP contribution >= 0.6 is 0 Å². The molecule has 1 heterocycles. The lowest BCUT2D eigenvalue weighted by atomic mass is 10.0. The Bertz CT molecular complexity index is 960. The van der Waals surface area contributed by atoms with Crippen molar-refractivity contribution in [1.82, 2.24) is 4.98 Å². The highest BCUT2D eigenvalue weighted by atomic mass is 19.2. The van der Waals surface area contributed by atoms with Gasteiger partial charge < -0.3 is 5.11 Å². The van der Waals surface area contributed by atoms with Crippen molar-refractivity contribution < 1.29 is 13.9 Å². The fraction of sp³-hybridized carbons (Fsp3) is 0.150. The van der Waals surface area contributed by atoms with Gasteiger partial charge in [0, 0.05) is 23.6 Å². The van der Waals surface area contributed by atoms with Gasteiger partial charge in [-0.1, -0.05) is 29.7 Å².